The largest absolute Gasteiger partial charge is 0.324 e. The van der Waals surface area contributed by atoms with E-state index in [1.807, 2.05) is 36.4 Å². The Morgan fingerprint density at radius 3 is 2.31 bits per heavy atom. The Bertz CT molecular complexity index is 1160. The van der Waals surface area contributed by atoms with Crippen molar-refractivity contribution in [3.05, 3.63) is 81.8 Å². The second-order valence-electron chi connectivity index (χ2n) is 6.29. The van der Waals surface area contributed by atoms with Crippen molar-refractivity contribution in [2.45, 2.75) is 20.4 Å². The first-order valence-corrected chi connectivity index (χ1v) is 8.83. The fourth-order valence-corrected chi connectivity index (χ4v) is 2.57. The predicted octanol–water partition coefficient (Wildman–Crippen LogP) is 3.79. The first-order chi connectivity index (χ1) is 14.0. The molecule has 3 aromatic rings. The summed E-state index contributed by atoms with van der Waals surface area (Å²) in [5, 5.41) is 24.2. The molecule has 1 N–H and O–H groups in total. The summed E-state index contributed by atoms with van der Waals surface area (Å²) < 4.78 is 0.999. The highest BCUT2D eigenvalue weighted by molar-refractivity contribution is 5.90. The molecular formula is C21H18N6O2. The van der Waals surface area contributed by atoms with E-state index in [0.717, 1.165) is 10.4 Å². The molecule has 0 aliphatic heterocycles. The molecule has 0 aliphatic rings. The molecular weight excluding hydrogens is 368 g/mol. The number of amides is 1. The first kappa shape index (κ1) is 19.6. The highest BCUT2D eigenvalue weighted by Crippen LogP contribution is 2.20. The van der Waals surface area contributed by atoms with Gasteiger partial charge in [-0.1, -0.05) is 18.2 Å². The summed E-state index contributed by atoms with van der Waals surface area (Å²) in [6, 6.07) is 18.0. The van der Waals surface area contributed by atoms with Gasteiger partial charge in [-0.05, 0) is 55.8 Å². The van der Waals surface area contributed by atoms with Crippen LogP contribution in [0.25, 0.3) is 0 Å². The van der Waals surface area contributed by atoms with Crippen molar-refractivity contribution in [1.82, 2.24) is 9.78 Å². The lowest BCUT2D eigenvalue weighted by molar-refractivity contribution is -0.117. The van der Waals surface area contributed by atoms with Gasteiger partial charge in [0, 0.05) is 5.69 Å². The van der Waals surface area contributed by atoms with Crippen LogP contribution in [0.3, 0.4) is 0 Å². The molecule has 0 saturated heterocycles. The van der Waals surface area contributed by atoms with Crippen LogP contribution >= 0.6 is 0 Å². The van der Waals surface area contributed by atoms with E-state index in [2.05, 4.69) is 20.6 Å². The van der Waals surface area contributed by atoms with Crippen LogP contribution in [0.5, 0.6) is 0 Å². The standard InChI is InChI=1S/C21H18N6O2/c1-14-15(2)26-27(21(29)19(14)12-22)13-20(28)23-16-8-10-18(11-9-16)25-24-17-6-4-3-5-7-17/h3-11H,13H2,1-2H3,(H,23,28). The molecule has 1 aromatic heterocycles. The predicted molar refractivity (Wildman–Crippen MR) is 108 cm³/mol. The molecule has 144 valence electrons. The third-order valence-corrected chi connectivity index (χ3v) is 4.23. The Balaban J connectivity index is 1.67. The Morgan fingerprint density at radius 1 is 1.07 bits per heavy atom. The van der Waals surface area contributed by atoms with E-state index in [-0.39, 0.29) is 12.1 Å². The number of aromatic nitrogens is 2. The molecule has 1 amide bonds. The zero-order valence-electron chi connectivity index (χ0n) is 16.0. The van der Waals surface area contributed by atoms with Crippen LogP contribution in [0.2, 0.25) is 0 Å². The number of nitriles is 1. The van der Waals surface area contributed by atoms with Gasteiger partial charge in [-0.15, -0.1) is 0 Å². The van der Waals surface area contributed by atoms with E-state index in [4.69, 9.17) is 5.26 Å². The molecule has 0 radical (unpaired) electrons. The molecule has 8 nitrogen and oxygen atoms in total. The third kappa shape index (κ3) is 4.78. The number of carbonyl (C=O) groups excluding carboxylic acids is 1. The summed E-state index contributed by atoms with van der Waals surface area (Å²) in [5.41, 5.74) is 2.40. The minimum Gasteiger partial charge on any atom is -0.324 e. The monoisotopic (exact) mass is 386 g/mol. The van der Waals surface area contributed by atoms with Crippen molar-refractivity contribution < 1.29 is 4.79 Å². The summed E-state index contributed by atoms with van der Waals surface area (Å²) in [7, 11) is 0. The molecule has 0 unspecified atom stereocenters. The van der Waals surface area contributed by atoms with Crippen molar-refractivity contribution in [3.8, 4) is 6.07 Å². The van der Waals surface area contributed by atoms with E-state index >= 15 is 0 Å². The van der Waals surface area contributed by atoms with E-state index in [1.165, 1.54) is 0 Å². The molecule has 0 aliphatic carbocycles. The van der Waals surface area contributed by atoms with Crippen LogP contribution in [0.15, 0.2) is 69.6 Å². The quantitative estimate of drug-likeness (QED) is 0.672. The second-order valence-corrected chi connectivity index (χ2v) is 6.29. The fraction of sp³-hybridized carbons (Fsp3) is 0.143. The smallest absolute Gasteiger partial charge is 0.285 e. The lowest BCUT2D eigenvalue weighted by atomic mass is 10.1. The summed E-state index contributed by atoms with van der Waals surface area (Å²) in [4.78, 5) is 24.6. The highest BCUT2D eigenvalue weighted by atomic mass is 16.2. The number of azo groups is 1. The molecule has 3 rings (SSSR count). The Hall–Kier alpha value is -4.12. The number of anilines is 1. The zero-order chi connectivity index (χ0) is 20.8. The van der Waals surface area contributed by atoms with E-state index < -0.39 is 11.5 Å². The molecule has 0 atom stereocenters. The van der Waals surface area contributed by atoms with Crippen LogP contribution < -0.4 is 10.9 Å². The fourth-order valence-electron chi connectivity index (χ4n) is 2.57. The summed E-state index contributed by atoms with van der Waals surface area (Å²) in [6.45, 7) is 3.06. The number of hydrogen-bond acceptors (Lipinski definition) is 6. The van der Waals surface area contributed by atoms with Gasteiger partial charge in [0.25, 0.3) is 5.56 Å². The summed E-state index contributed by atoms with van der Waals surface area (Å²) in [6.07, 6.45) is 0. The molecule has 1 heterocycles. The number of nitrogens with one attached hydrogen (secondary N) is 1. The number of rotatable bonds is 5. The van der Waals surface area contributed by atoms with Gasteiger partial charge in [-0.25, -0.2) is 4.68 Å². The van der Waals surface area contributed by atoms with Crippen molar-refractivity contribution >= 4 is 23.0 Å². The number of benzene rings is 2. The Kier molecular flexibility index (Phi) is 5.90. The van der Waals surface area contributed by atoms with Crippen LogP contribution in [-0.2, 0) is 11.3 Å². The molecule has 29 heavy (non-hydrogen) atoms. The molecule has 0 saturated carbocycles. The second kappa shape index (κ2) is 8.71. The lowest BCUT2D eigenvalue weighted by Gasteiger charge is -2.09. The SMILES string of the molecule is Cc1nn(CC(=O)Nc2ccc(N=Nc3ccccc3)cc2)c(=O)c(C#N)c1C. The Labute approximate surface area is 167 Å². The minimum atomic E-state index is -0.581. The topological polar surface area (TPSA) is 112 Å². The van der Waals surface area contributed by atoms with Gasteiger partial charge < -0.3 is 5.32 Å². The Morgan fingerprint density at radius 2 is 1.69 bits per heavy atom. The normalized spacial score (nSPS) is 10.7. The van der Waals surface area contributed by atoms with Gasteiger partial charge in [-0.3, -0.25) is 9.59 Å². The summed E-state index contributed by atoms with van der Waals surface area (Å²) >= 11 is 0. The van der Waals surface area contributed by atoms with E-state index in [0.29, 0.717) is 22.6 Å². The first-order valence-electron chi connectivity index (χ1n) is 8.83. The highest BCUT2D eigenvalue weighted by Gasteiger charge is 2.14. The zero-order valence-corrected chi connectivity index (χ0v) is 16.0. The summed E-state index contributed by atoms with van der Waals surface area (Å²) in [5.74, 6) is -0.426. The van der Waals surface area contributed by atoms with Gasteiger partial charge in [0.1, 0.15) is 18.2 Å². The van der Waals surface area contributed by atoms with Crippen molar-refractivity contribution in [2.75, 3.05) is 5.32 Å². The van der Waals surface area contributed by atoms with Crippen LogP contribution in [0.4, 0.5) is 17.1 Å². The maximum atomic E-state index is 12.3. The van der Waals surface area contributed by atoms with Crippen molar-refractivity contribution in [2.24, 2.45) is 10.2 Å². The van der Waals surface area contributed by atoms with Crippen LogP contribution in [-0.4, -0.2) is 15.7 Å². The lowest BCUT2D eigenvalue weighted by Crippen LogP contribution is -2.32. The molecule has 8 heteroatoms. The van der Waals surface area contributed by atoms with Gasteiger partial charge in [-0.2, -0.15) is 20.6 Å². The molecule has 2 aromatic carbocycles. The van der Waals surface area contributed by atoms with E-state index in [9.17, 15) is 9.59 Å². The van der Waals surface area contributed by atoms with Gasteiger partial charge in [0.15, 0.2) is 0 Å². The maximum absolute atomic E-state index is 12.3. The molecule has 0 spiro atoms. The minimum absolute atomic E-state index is 0.00145. The molecule has 0 bridgehead atoms. The van der Waals surface area contributed by atoms with Crippen LogP contribution in [0, 0.1) is 25.2 Å². The average Bonchev–Trinajstić information content (AvgIpc) is 2.73. The van der Waals surface area contributed by atoms with Crippen molar-refractivity contribution in [3.63, 3.8) is 0 Å². The number of hydrogen-bond donors (Lipinski definition) is 1. The number of aryl methyl sites for hydroxylation is 1. The van der Waals surface area contributed by atoms with Gasteiger partial charge >= 0.3 is 0 Å². The maximum Gasteiger partial charge on any atom is 0.285 e. The number of carbonyl (C=O) groups is 1. The number of nitrogens with zero attached hydrogens (tertiary/aromatic N) is 5. The average molecular weight is 386 g/mol. The molecule has 0 fully saturated rings. The van der Waals surface area contributed by atoms with Gasteiger partial charge in [0.2, 0.25) is 5.91 Å². The van der Waals surface area contributed by atoms with E-state index in [1.54, 1.807) is 38.1 Å². The third-order valence-electron chi connectivity index (χ3n) is 4.23. The van der Waals surface area contributed by atoms with Crippen molar-refractivity contribution in [1.29, 1.82) is 5.26 Å². The van der Waals surface area contributed by atoms with Gasteiger partial charge in [0.05, 0.1) is 17.1 Å². The van der Waals surface area contributed by atoms with Crippen LogP contribution in [0.1, 0.15) is 16.8 Å².